The Labute approximate surface area is 293 Å². The molecule has 0 saturated heterocycles. The Hall–Kier alpha value is -3.69. The van der Waals surface area contributed by atoms with Gasteiger partial charge in [-0.1, -0.05) is 54.6 Å². The molecule has 13 nitrogen and oxygen atoms in total. The Kier molecular flexibility index (Phi) is 18.7. The number of allylic oxidation sites excluding steroid dienone is 2. The largest absolute Gasteiger partial charge is 0.465 e. The number of aliphatic hydroxyl groups is 3. The maximum atomic E-state index is 12.2. The van der Waals surface area contributed by atoms with E-state index in [1.54, 1.807) is 24.3 Å². The summed E-state index contributed by atoms with van der Waals surface area (Å²) in [4.78, 5) is 40.5. The first-order valence-electron chi connectivity index (χ1n) is 17.4. The molecule has 0 aliphatic heterocycles. The third-order valence-electron chi connectivity index (χ3n) is 8.78. The van der Waals surface area contributed by atoms with E-state index >= 15 is 0 Å². The van der Waals surface area contributed by atoms with Gasteiger partial charge in [0.05, 0.1) is 36.9 Å². The number of carbonyl (C=O) groups is 3. The summed E-state index contributed by atoms with van der Waals surface area (Å²) in [6, 6.07) is 16.7. The van der Waals surface area contributed by atoms with E-state index in [1.807, 2.05) is 42.5 Å². The first-order valence-corrected chi connectivity index (χ1v) is 17.4. The molecule has 1 fully saturated rings. The van der Waals surface area contributed by atoms with Gasteiger partial charge in [-0.05, 0) is 92.9 Å². The van der Waals surface area contributed by atoms with Crippen LogP contribution in [-0.2, 0) is 36.8 Å². The predicted octanol–water partition coefficient (Wildman–Crippen LogP) is 3.83. The van der Waals surface area contributed by atoms with E-state index < -0.39 is 35.6 Å². The first kappa shape index (κ1) is 40.7. The number of amides is 1. The molecule has 13 heteroatoms. The van der Waals surface area contributed by atoms with Gasteiger partial charge in [-0.15, -0.1) is 0 Å². The van der Waals surface area contributed by atoms with Crippen molar-refractivity contribution in [1.82, 2.24) is 10.7 Å². The van der Waals surface area contributed by atoms with E-state index in [9.17, 15) is 29.7 Å². The Bertz CT molecular complexity index is 1310. The lowest BCUT2D eigenvalue weighted by molar-refractivity contribution is -0.492. The second-order valence-electron chi connectivity index (χ2n) is 12.6. The second-order valence-corrected chi connectivity index (χ2v) is 12.6. The van der Waals surface area contributed by atoms with E-state index in [1.165, 1.54) is 5.56 Å². The van der Waals surface area contributed by atoms with Gasteiger partial charge in [0.25, 0.3) is 0 Å². The molecule has 5 atom stereocenters. The maximum absolute atomic E-state index is 12.2. The van der Waals surface area contributed by atoms with Crippen LogP contribution in [0.3, 0.4) is 0 Å². The number of hydrogen-bond donors (Lipinski definition) is 6. The van der Waals surface area contributed by atoms with Crippen LogP contribution < -0.4 is 10.1 Å². The molecule has 276 valence electrons. The monoisotopic (exact) mass is 700 g/mol. The van der Waals surface area contributed by atoms with Crippen LogP contribution >= 0.6 is 0 Å². The van der Waals surface area contributed by atoms with Crippen molar-refractivity contribution in [1.29, 1.82) is 0 Å². The quantitative estimate of drug-likeness (QED) is 0.0323. The van der Waals surface area contributed by atoms with Crippen molar-refractivity contribution in [2.75, 3.05) is 19.8 Å². The van der Waals surface area contributed by atoms with Crippen molar-refractivity contribution >= 4 is 17.8 Å². The molecule has 1 saturated carbocycles. The summed E-state index contributed by atoms with van der Waals surface area (Å²) in [6.07, 6.45) is 8.24. The molecule has 2 aromatic carbocycles. The molecule has 0 heterocycles. The number of ether oxygens (including phenoxy) is 2. The number of aliphatic hydroxyl groups excluding tert-OH is 3. The van der Waals surface area contributed by atoms with Crippen molar-refractivity contribution in [2.24, 2.45) is 11.8 Å². The molecule has 50 heavy (non-hydrogen) atoms. The summed E-state index contributed by atoms with van der Waals surface area (Å²) in [7, 11) is 0. The summed E-state index contributed by atoms with van der Waals surface area (Å²) in [5, 5.41) is 50.6. The number of hydrogen-bond acceptors (Lipinski definition) is 12. The van der Waals surface area contributed by atoms with E-state index in [2.05, 4.69) is 10.2 Å². The summed E-state index contributed by atoms with van der Waals surface area (Å²) in [5.74, 6) is -1.15. The standard InChI is InChI=1S/C37H52N2O11/c40-29(17-14-27-9-4-3-5-10-27)18-21-32-31(33(41)25-34(32)42)11-6-1-2-7-12-35(43)38-26-37(45)50-30-19-15-28(16-20-30)22-24-48-36(44)13-8-23-49-39(46)47/h1,3-6,9-10,15-16,19-20,29,31-34,40-42,46-47H,2,7-8,11-14,17-18,21-26H2,(H,38,43)/b6-1-/t29-,31+,32+,33-,34+/m0/s1. The SMILES string of the molecule is O=C(CCC/C=C\C[C@@H]1[C@@H](CC[C@@H](O)CCc2ccccc2)[C@H](O)C[C@@H]1O)NCC(=O)Oc1ccc(CCOC(=O)CCCON(O)O)cc1. The number of rotatable bonds is 23. The highest BCUT2D eigenvalue weighted by atomic mass is 17.1. The number of esters is 2. The molecule has 0 unspecified atom stereocenters. The number of nitrogens with one attached hydrogen (secondary N) is 1. The lowest BCUT2D eigenvalue weighted by atomic mass is 9.85. The molecule has 1 amide bonds. The smallest absolute Gasteiger partial charge is 0.330 e. The molecule has 2 aromatic rings. The van der Waals surface area contributed by atoms with E-state index in [4.69, 9.17) is 19.9 Å². The van der Waals surface area contributed by atoms with Crippen LogP contribution in [0.1, 0.15) is 75.3 Å². The third kappa shape index (κ3) is 16.3. The Morgan fingerprint density at radius 1 is 0.840 bits per heavy atom. The molecule has 6 N–H and O–H groups in total. The van der Waals surface area contributed by atoms with Crippen LogP contribution in [-0.4, -0.2) is 87.0 Å². The minimum atomic E-state index is -0.606. The average molecular weight is 701 g/mol. The number of aryl methyl sites for hydroxylation is 1. The minimum absolute atomic E-state index is 0.0451. The third-order valence-corrected chi connectivity index (χ3v) is 8.78. The van der Waals surface area contributed by atoms with Crippen LogP contribution in [0.4, 0.5) is 0 Å². The molecular formula is C37H52N2O11. The van der Waals surface area contributed by atoms with Gasteiger partial charge < -0.3 is 30.1 Å². The van der Waals surface area contributed by atoms with E-state index in [0.717, 1.165) is 12.0 Å². The van der Waals surface area contributed by atoms with Gasteiger partial charge >= 0.3 is 11.9 Å². The molecule has 0 radical (unpaired) electrons. The van der Waals surface area contributed by atoms with Crippen LogP contribution in [0.15, 0.2) is 66.7 Å². The fourth-order valence-electron chi connectivity index (χ4n) is 6.03. The zero-order valence-corrected chi connectivity index (χ0v) is 28.5. The first-order chi connectivity index (χ1) is 24.1. The van der Waals surface area contributed by atoms with Gasteiger partial charge in [0.15, 0.2) is 0 Å². The van der Waals surface area contributed by atoms with Gasteiger partial charge in [-0.25, -0.2) is 4.79 Å². The van der Waals surface area contributed by atoms with Crippen LogP contribution in [0.5, 0.6) is 5.75 Å². The average Bonchev–Trinajstić information content (AvgIpc) is 3.37. The second kappa shape index (κ2) is 22.9. The highest BCUT2D eigenvalue weighted by molar-refractivity contribution is 5.82. The number of carbonyl (C=O) groups excluding carboxylic acids is 3. The molecular weight excluding hydrogens is 648 g/mol. The summed E-state index contributed by atoms with van der Waals surface area (Å²) < 4.78 is 10.4. The van der Waals surface area contributed by atoms with Crippen molar-refractivity contribution in [3.8, 4) is 5.75 Å². The van der Waals surface area contributed by atoms with Gasteiger partial charge in [0, 0.05) is 19.3 Å². The zero-order valence-electron chi connectivity index (χ0n) is 28.5. The molecule has 0 bridgehead atoms. The van der Waals surface area contributed by atoms with Crippen LogP contribution in [0.25, 0.3) is 0 Å². The fourth-order valence-corrected chi connectivity index (χ4v) is 6.03. The van der Waals surface area contributed by atoms with Gasteiger partial charge in [0.2, 0.25) is 5.91 Å². The predicted molar refractivity (Wildman–Crippen MR) is 182 cm³/mol. The van der Waals surface area contributed by atoms with Crippen LogP contribution in [0, 0.1) is 11.8 Å². The lowest BCUT2D eigenvalue weighted by Gasteiger charge is -2.23. The number of unbranched alkanes of at least 4 members (excludes halogenated alkanes) is 1. The molecule has 0 spiro atoms. The molecule has 3 rings (SSSR count). The van der Waals surface area contributed by atoms with E-state index in [-0.39, 0.29) is 56.8 Å². The van der Waals surface area contributed by atoms with Crippen LogP contribution in [0.2, 0.25) is 0 Å². The molecule has 1 aliphatic rings. The summed E-state index contributed by atoms with van der Waals surface area (Å²) >= 11 is 0. The Morgan fingerprint density at radius 3 is 2.30 bits per heavy atom. The van der Waals surface area contributed by atoms with E-state index in [0.29, 0.717) is 57.1 Å². The fraction of sp³-hybridized carbons (Fsp3) is 0.541. The zero-order chi connectivity index (χ0) is 36.1. The van der Waals surface area contributed by atoms with Crippen molar-refractivity contribution in [2.45, 2.75) is 95.4 Å². The van der Waals surface area contributed by atoms with Crippen molar-refractivity contribution < 1.29 is 54.4 Å². The topological polar surface area (TPSA) is 195 Å². The maximum Gasteiger partial charge on any atom is 0.330 e. The highest BCUT2D eigenvalue weighted by Crippen LogP contribution is 2.38. The van der Waals surface area contributed by atoms with Crippen molar-refractivity contribution in [3.05, 3.63) is 77.9 Å². The van der Waals surface area contributed by atoms with Gasteiger partial charge in [0.1, 0.15) is 12.3 Å². The highest BCUT2D eigenvalue weighted by Gasteiger charge is 2.40. The van der Waals surface area contributed by atoms with Gasteiger partial charge in [-0.2, -0.15) is 0 Å². The summed E-state index contributed by atoms with van der Waals surface area (Å²) in [5.41, 5.74) is 2.05. The summed E-state index contributed by atoms with van der Waals surface area (Å²) in [6.45, 7) is -0.157. The molecule has 0 aromatic heterocycles. The van der Waals surface area contributed by atoms with Crippen molar-refractivity contribution in [3.63, 3.8) is 0 Å². The minimum Gasteiger partial charge on any atom is -0.465 e. The Balaban J connectivity index is 1.24. The Morgan fingerprint density at radius 2 is 1.56 bits per heavy atom. The number of nitrogens with zero attached hydrogens (tertiary/aromatic N) is 1. The van der Waals surface area contributed by atoms with Gasteiger partial charge in [-0.3, -0.25) is 24.8 Å². The lowest BCUT2D eigenvalue weighted by Crippen LogP contribution is -2.31. The number of benzene rings is 2. The molecule has 1 aliphatic carbocycles. The normalized spacial score (nSPS) is 19.5.